The van der Waals surface area contributed by atoms with E-state index >= 15 is 0 Å². The fourth-order valence-corrected chi connectivity index (χ4v) is 12.5. The zero-order valence-electron chi connectivity index (χ0n) is 58.0. The van der Waals surface area contributed by atoms with Gasteiger partial charge in [-0.05, 0) is 131 Å². The van der Waals surface area contributed by atoms with E-state index in [0.717, 1.165) is 154 Å². The molecule has 15 rings (SSSR count). The minimum absolute atomic E-state index is 0.653. The second-order valence-electron chi connectivity index (χ2n) is 24.0. The summed E-state index contributed by atoms with van der Waals surface area (Å²) in [5.41, 5.74) is 0. The van der Waals surface area contributed by atoms with Crippen LogP contribution in [0.5, 0.6) is 46.0 Å². The fraction of sp³-hybridized carbons (Fsp3) is 0.222. The molecule has 15 aromatic carbocycles. The Labute approximate surface area is 577 Å². The molecule has 0 heterocycles. The van der Waals surface area contributed by atoms with E-state index in [1.54, 1.807) is 14.2 Å². The highest BCUT2D eigenvalue weighted by Crippen LogP contribution is 2.44. The number of methoxy groups -OCH3 is 2. The first kappa shape index (κ1) is 68.7. The Morgan fingerprint density at radius 2 is 0.429 bits per heavy atom. The highest BCUT2D eigenvalue weighted by atomic mass is 16.5. The SMILES string of the molecule is CCCCOc1c2ccccc2c(OCC)c2ccccc12.CCCCOc1c2ccccc2cc2ccccc12.CCCOc1c2ccccc2cc2ccc(OC)cc12.CCCOc1c2ccccc2cc2ccccc12.CCOc1c2ccccc2cc2ccc(OC)cc12. The molecule has 0 radical (unpaired) electrons. The fourth-order valence-electron chi connectivity index (χ4n) is 12.5. The highest BCUT2D eigenvalue weighted by Gasteiger charge is 2.17. The van der Waals surface area contributed by atoms with Crippen LogP contribution in [-0.4, -0.2) is 53.9 Å². The number of hydrogen-bond donors (Lipinski definition) is 0. The molecule has 0 saturated heterocycles. The van der Waals surface area contributed by atoms with Crippen molar-refractivity contribution >= 4 is 108 Å². The Bertz CT molecular complexity index is 4970. The van der Waals surface area contributed by atoms with Gasteiger partial charge < -0.3 is 37.9 Å². The lowest BCUT2D eigenvalue weighted by Crippen LogP contribution is -2.00. The van der Waals surface area contributed by atoms with E-state index in [1.807, 2.05) is 56.3 Å². The minimum atomic E-state index is 0.653. The summed E-state index contributed by atoms with van der Waals surface area (Å²) in [4.78, 5) is 0. The Morgan fingerprint density at radius 1 is 0.204 bits per heavy atom. The maximum absolute atomic E-state index is 6.15. The van der Waals surface area contributed by atoms with Crippen LogP contribution in [0.3, 0.4) is 0 Å². The molecule has 0 atom stereocenters. The van der Waals surface area contributed by atoms with Crippen molar-refractivity contribution in [1.82, 2.24) is 0 Å². The van der Waals surface area contributed by atoms with E-state index in [4.69, 9.17) is 37.9 Å². The summed E-state index contributed by atoms with van der Waals surface area (Å²) in [6.45, 7) is 17.0. The maximum atomic E-state index is 6.15. The summed E-state index contributed by atoms with van der Waals surface area (Å²) < 4.78 is 46.7. The smallest absolute Gasteiger partial charge is 0.135 e. The van der Waals surface area contributed by atoms with Crippen LogP contribution in [0.15, 0.2) is 255 Å². The standard InChI is InChI=1S/C20H22O2.C18H18O2.C18H18O.C17H16O2.C17H16O/c1-3-5-14-22-20-17-12-8-6-10-15(17)19(21-4-2)16-11-7-9-13-18(16)20;1-3-10-20-18-16-7-5-4-6-13(16)11-14-8-9-15(19-2)12-17(14)18;1-2-3-12-19-18-16-10-6-4-8-14(16)13-15-9-5-7-11-17(15)18;1-3-19-17-15-7-5-4-6-12(15)10-13-8-9-14(18-2)11-16(13)17;1-2-11-18-17-15-9-5-3-7-13(15)12-14-8-4-6-10-16(14)17/h6-13H,3-5,14H2,1-2H3;4-9,11-12H,3,10H2,1-2H3;4-11,13H,2-3,12H2,1H3;4-11H,3H2,1-2H3;3-10,12H,2,11H2,1H3. The van der Waals surface area contributed by atoms with E-state index in [-0.39, 0.29) is 0 Å². The van der Waals surface area contributed by atoms with Crippen molar-refractivity contribution in [3.8, 4) is 46.0 Å². The van der Waals surface area contributed by atoms with Crippen LogP contribution in [0.1, 0.15) is 80.1 Å². The van der Waals surface area contributed by atoms with E-state index in [1.165, 1.54) is 64.6 Å². The Kier molecular flexibility index (Phi) is 24.0. The third-order valence-electron chi connectivity index (χ3n) is 17.3. The molecule has 0 bridgehead atoms. The van der Waals surface area contributed by atoms with Crippen molar-refractivity contribution in [2.75, 3.05) is 53.9 Å². The summed E-state index contributed by atoms with van der Waals surface area (Å²) >= 11 is 0. The first-order valence-corrected chi connectivity index (χ1v) is 34.8. The minimum Gasteiger partial charge on any atom is -0.497 e. The van der Waals surface area contributed by atoms with Gasteiger partial charge in [-0.1, -0.05) is 247 Å². The molecule has 0 N–H and O–H groups in total. The van der Waals surface area contributed by atoms with Crippen LogP contribution in [0.25, 0.3) is 108 Å². The third-order valence-corrected chi connectivity index (χ3v) is 17.3. The molecule has 15 aromatic rings. The molecule has 0 aromatic heterocycles. The number of rotatable bonds is 20. The number of benzene rings is 15. The first-order chi connectivity index (χ1) is 48.3. The average Bonchev–Trinajstić information content (AvgIpc) is 0.804. The van der Waals surface area contributed by atoms with Crippen LogP contribution in [0.2, 0.25) is 0 Å². The molecule has 0 aliphatic carbocycles. The predicted octanol–water partition coefficient (Wildman–Crippen LogP) is 24.7. The Hall–Kier alpha value is -10.7. The molecular weight excluding hydrogens is 1210 g/mol. The van der Waals surface area contributed by atoms with E-state index in [0.29, 0.717) is 13.2 Å². The van der Waals surface area contributed by atoms with Crippen LogP contribution in [0.4, 0.5) is 0 Å². The second kappa shape index (κ2) is 34.3. The van der Waals surface area contributed by atoms with E-state index in [2.05, 4.69) is 240 Å². The van der Waals surface area contributed by atoms with Crippen molar-refractivity contribution in [2.24, 2.45) is 0 Å². The van der Waals surface area contributed by atoms with Gasteiger partial charge in [-0.3, -0.25) is 0 Å². The monoisotopic (exact) mass is 1300 g/mol. The normalized spacial score (nSPS) is 10.9. The molecule has 8 heteroatoms. The van der Waals surface area contributed by atoms with Crippen LogP contribution >= 0.6 is 0 Å². The summed E-state index contributed by atoms with van der Waals surface area (Å²) in [5, 5.41) is 23.5. The third kappa shape index (κ3) is 15.9. The Morgan fingerprint density at radius 3 is 0.694 bits per heavy atom. The first-order valence-electron chi connectivity index (χ1n) is 34.8. The maximum Gasteiger partial charge on any atom is 0.135 e. The zero-order valence-corrected chi connectivity index (χ0v) is 58.0. The lowest BCUT2D eigenvalue weighted by atomic mass is 10.0. The van der Waals surface area contributed by atoms with Gasteiger partial charge in [0.05, 0.1) is 53.9 Å². The van der Waals surface area contributed by atoms with Gasteiger partial charge in [-0.2, -0.15) is 0 Å². The van der Waals surface area contributed by atoms with Crippen LogP contribution in [-0.2, 0) is 0 Å². The number of ether oxygens (including phenoxy) is 8. The van der Waals surface area contributed by atoms with Crippen molar-refractivity contribution in [3.63, 3.8) is 0 Å². The molecule has 498 valence electrons. The molecule has 0 unspecified atom stereocenters. The highest BCUT2D eigenvalue weighted by molar-refractivity contribution is 6.12. The van der Waals surface area contributed by atoms with Crippen molar-refractivity contribution < 1.29 is 37.9 Å². The molecule has 8 nitrogen and oxygen atoms in total. The number of unbranched alkanes of at least 4 members (excludes halogenated alkanes) is 2. The number of hydrogen-bond acceptors (Lipinski definition) is 8. The second-order valence-corrected chi connectivity index (χ2v) is 24.0. The molecule has 0 amide bonds. The van der Waals surface area contributed by atoms with Crippen LogP contribution in [0, 0.1) is 0 Å². The van der Waals surface area contributed by atoms with E-state index < -0.39 is 0 Å². The van der Waals surface area contributed by atoms with Gasteiger partial charge in [0.15, 0.2) is 0 Å². The van der Waals surface area contributed by atoms with Gasteiger partial charge in [-0.15, -0.1) is 0 Å². The quantitative estimate of drug-likeness (QED) is 0.0552. The van der Waals surface area contributed by atoms with Gasteiger partial charge in [0.2, 0.25) is 0 Å². The van der Waals surface area contributed by atoms with Crippen molar-refractivity contribution in [2.45, 2.75) is 80.1 Å². The summed E-state index contributed by atoms with van der Waals surface area (Å²) in [6, 6.07) is 88.0. The van der Waals surface area contributed by atoms with Gasteiger partial charge in [0.1, 0.15) is 46.0 Å². The van der Waals surface area contributed by atoms with Gasteiger partial charge in [0.25, 0.3) is 0 Å². The topological polar surface area (TPSA) is 73.8 Å². The summed E-state index contributed by atoms with van der Waals surface area (Å²) in [6.07, 6.45) is 6.47. The van der Waals surface area contributed by atoms with Crippen molar-refractivity contribution in [3.05, 3.63) is 255 Å². The van der Waals surface area contributed by atoms with Gasteiger partial charge in [-0.25, -0.2) is 0 Å². The lowest BCUT2D eigenvalue weighted by molar-refractivity contribution is 0.315. The summed E-state index contributed by atoms with van der Waals surface area (Å²) in [7, 11) is 3.37. The molecule has 0 aliphatic rings. The molecule has 0 spiro atoms. The van der Waals surface area contributed by atoms with Crippen LogP contribution < -0.4 is 37.9 Å². The largest absolute Gasteiger partial charge is 0.497 e. The average molecular weight is 1300 g/mol. The zero-order chi connectivity index (χ0) is 68.0. The number of fused-ring (bicyclic) bond motifs is 10. The summed E-state index contributed by atoms with van der Waals surface area (Å²) in [5.74, 6) is 7.58. The van der Waals surface area contributed by atoms with Gasteiger partial charge >= 0.3 is 0 Å². The molecule has 0 saturated carbocycles. The molecule has 0 aliphatic heterocycles. The Balaban J connectivity index is 0.000000124. The van der Waals surface area contributed by atoms with E-state index in [9.17, 15) is 0 Å². The molecule has 98 heavy (non-hydrogen) atoms. The predicted molar refractivity (Wildman–Crippen MR) is 415 cm³/mol. The van der Waals surface area contributed by atoms with Gasteiger partial charge in [0, 0.05) is 64.6 Å². The molecular formula is C90H90O8. The van der Waals surface area contributed by atoms with Crippen molar-refractivity contribution in [1.29, 1.82) is 0 Å². The lowest BCUT2D eigenvalue weighted by Gasteiger charge is -2.17. The molecule has 0 fully saturated rings.